The molecule has 0 atom stereocenters. The Bertz CT molecular complexity index is 876. The fourth-order valence-electron chi connectivity index (χ4n) is 2.19. The number of rotatable bonds is 4. The van der Waals surface area contributed by atoms with Crippen LogP contribution in [0.5, 0.6) is 5.75 Å². The number of nitrogens with one attached hydrogen (secondary N) is 1. The SMILES string of the molecule is N#CC(=Cc1ccccc1OC(F)F)c1nc2ccccc2[nH]1. The van der Waals surface area contributed by atoms with Crippen molar-refractivity contribution in [2.24, 2.45) is 0 Å². The molecule has 2 aromatic carbocycles. The average Bonchev–Trinajstić information content (AvgIpc) is 2.97. The van der Waals surface area contributed by atoms with Gasteiger partial charge in [0.05, 0.1) is 16.6 Å². The molecule has 0 amide bonds. The van der Waals surface area contributed by atoms with Gasteiger partial charge in [0.2, 0.25) is 0 Å². The average molecular weight is 311 g/mol. The van der Waals surface area contributed by atoms with E-state index in [-0.39, 0.29) is 11.3 Å². The van der Waals surface area contributed by atoms with E-state index >= 15 is 0 Å². The van der Waals surface area contributed by atoms with Gasteiger partial charge >= 0.3 is 6.61 Å². The zero-order valence-electron chi connectivity index (χ0n) is 11.8. The molecule has 0 bridgehead atoms. The number of H-pyrrole nitrogens is 1. The fourth-order valence-corrected chi connectivity index (χ4v) is 2.19. The third-order valence-corrected chi connectivity index (χ3v) is 3.20. The Morgan fingerprint density at radius 2 is 1.91 bits per heavy atom. The summed E-state index contributed by atoms with van der Waals surface area (Å²) >= 11 is 0. The molecule has 23 heavy (non-hydrogen) atoms. The topological polar surface area (TPSA) is 61.7 Å². The standard InChI is InChI=1S/C17H11F2N3O/c18-17(19)23-15-8-4-1-5-11(15)9-12(10-20)16-21-13-6-2-3-7-14(13)22-16/h1-9,17H,(H,21,22). The molecule has 0 saturated carbocycles. The van der Waals surface area contributed by atoms with Crippen LogP contribution in [-0.2, 0) is 0 Å². The van der Waals surface area contributed by atoms with Crippen LogP contribution in [0, 0.1) is 11.3 Å². The summed E-state index contributed by atoms with van der Waals surface area (Å²) in [6, 6.07) is 15.7. The highest BCUT2D eigenvalue weighted by Gasteiger charge is 2.11. The Balaban J connectivity index is 2.04. The van der Waals surface area contributed by atoms with Crippen LogP contribution >= 0.6 is 0 Å². The van der Waals surface area contributed by atoms with E-state index in [1.807, 2.05) is 30.3 Å². The number of hydrogen-bond acceptors (Lipinski definition) is 3. The van der Waals surface area contributed by atoms with Crippen molar-refractivity contribution in [3.05, 3.63) is 59.9 Å². The van der Waals surface area contributed by atoms with Gasteiger partial charge < -0.3 is 9.72 Å². The molecule has 0 saturated heterocycles. The molecule has 6 heteroatoms. The minimum atomic E-state index is -2.93. The predicted molar refractivity (Wildman–Crippen MR) is 82.7 cm³/mol. The molecule has 1 aromatic heterocycles. The van der Waals surface area contributed by atoms with E-state index in [4.69, 9.17) is 0 Å². The lowest BCUT2D eigenvalue weighted by Crippen LogP contribution is -2.03. The van der Waals surface area contributed by atoms with Gasteiger partial charge in [0.1, 0.15) is 17.6 Å². The van der Waals surface area contributed by atoms with Crippen LogP contribution in [0.2, 0.25) is 0 Å². The number of nitriles is 1. The second-order valence-electron chi connectivity index (χ2n) is 4.69. The third kappa shape index (κ3) is 3.19. The van der Waals surface area contributed by atoms with E-state index in [0.717, 1.165) is 11.0 Å². The highest BCUT2D eigenvalue weighted by Crippen LogP contribution is 2.25. The first kappa shape index (κ1) is 14.7. The van der Waals surface area contributed by atoms with Gasteiger partial charge in [0.25, 0.3) is 0 Å². The number of fused-ring (bicyclic) bond motifs is 1. The van der Waals surface area contributed by atoms with Crippen LogP contribution in [0.3, 0.4) is 0 Å². The molecule has 0 unspecified atom stereocenters. The van der Waals surface area contributed by atoms with E-state index in [9.17, 15) is 14.0 Å². The van der Waals surface area contributed by atoms with Gasteiger partial charge in [-0.25, -0.2) is 4.98 Å². The van der Waals surface area contributed by atoms with Crippen LogP contribution in [0.1, 0.15) is 11.4 Å². The first-order valence-electron chi connectivity index (χ1n) is 6.78. The smallest absolute Gasteiger partial charge is 0.387 e. The van der Waals surface area contributed by atoms with Gasteiger partial charge in [-0.2, -0.15) is 14.0 Å². The highest BCUT2D eigenvalue weighted by molar-refractivity contribution is 5.91. The van der Waals surface area contributed by atoms with Crippen molar-refractivity contribution in [3.63, 3.8) is 0 Å². The molecule has 0 radical (unpaired) electrons. The summed E-state index contributed by atoms with van der Waals surface area (Å²) in [6.45, 7) is -2.93. The summed E-state index contributed by atoms with van der Waals surface area (Å²) in [7, 11) is 0. The Morgan fingerprint density at radius 1 is 1.17 bits per heavy atom. The van der Waals surface area contributed by atoms with E-state index in [1.165, 1.54) is 12.1 Å². The summed E-state index contributed by atoms with van der Waals surface area (Å²) in [6.07, 6.45) is 1.47. The molecular formula is C17H11F2N3O. The molecule has 1 N–H and O–H groups in total. The summed E-state index contributed by atoms with van der Waals surface area (Å²) in [5, 5.41) is 9.37. The van der Waals surface area contributed by atoms with Crippen LogP contribution in [0.15, 0.2) is 48.5 Å². The summed E-state index contributed by atoms with van der Waals surface area (Å²) in [5.74, 6) is 0.381. The van der Waals surface area contributed by atoms with Crippen LogP contribution in [-0.4, -0.2) is 16.6 Å². The quantitative estimate of drug-likeness (QED) is 0.733. The molecule has 0 aliphatic heterocycles. The third-order valence-electron chi connectivity index (χ3n) is 3.20. The number of benzene rings is 2. The zero-order valence-corrected chi connectivity index (χ0v) is 11.8. The number of alkyl halides is 2. The highest BCUT2D eigenvalue weighted by atomic mass is 19.3. The van der Waals surface area contributed by atoms with Crippen molar-refractivity contribution >= 4 is 22.7 Å². The molecule has 0 aliphatic rings. The lowest BCUT2D eigenvalue weighted by molar-refractivity contribution is -0.0499. The van der Waals surface area contributed by atoms with Crippen molar-refractivity contribution in [3.8, 4) is 11.8 Å². The van der Waals surface area contributed by atoms with Crippen molar-refractivity contribution in [2.75, 3.05) is 0 Å². The number of aromatic amines is 1. The Hall–Kier alpha value is -3.20. The summed E-state index contributed by atoms with van der Waals surface area (Å²) in [4.78, 5) is 7.37. The minimum absolute atomic E-state index is 0.00589. The number of aromatic nitrogens is 2. The van der Waals surface area contributed by atoms with Gasteiger partial charge in [0, 0.05) is 5.56 Å². The van der Waals surface area contributed by atoms with E-state index in [0.29, 0.717) is 11.4 Å². The van der Waals surface area contributed by atoms with Crippen LogP contribution in [0.4, 0.5) is 8.78 Å². The van der Waals surface area contributed by atoms with Gasteiger partial charge in [0.15, 0.2) is 0 Å². The molecule has 0 fully saturated rings. The summed E-state index contributed by atoms with van der Waals surface area (Å²) in [5.41, 5.74) is 2.12. The number of imidazole rings is 1. The maximum absolute atomic E-state index is 12.5. The van der Waals surface area contributed by atoms with Crippen molar-refractivity contribution in [1.29, 1.82) is 5.26 Å². The number of hydrogen-bond donors (Lipinski definition) is 1. The molecule has 114 valence electrons. The maximum atomic E-state index is 12.5. The molecular weight excluding hydrogens is 300 g/mol. The molecule has 3 rings (SSSR count). The van der Waals surface area contributed by atoms with Crippen molar-refractivity contribution in [1.82, 2.24) is 9.97 Å². The number of nitrogens with zero attached hydrogens (tertiary/aromatic N) is 2. The monoisotopic (exact) mass is 311 g/mol. The largest absolute Gasteiger partial charge is 0.434 e. The van der Waals surface area contributed by atoms with Gasteiger partial charge in [-0.05, 0) is 24.3 Å². The van der Waals surface area contributed by atoms with Crippen LogP contribution < -0.4 is 4.74 Å². The second-order valence-corrected chi connectivity index (χ2v) is 4.69. The van der Waals surface area contributed by atoms with Gasteiger partial charge in [-0.1, -0.05) is 30.3 Å². The summed E-state index contributed by atoms with van der Waals surface area (Å²) < 4.78 is 29.4. The van der Waals surface area contributed by atoms with Crippen molar-refractivity contribution < 1.29 is 13.5 Å². The molecule has 4 nitrogen and oxygen atoms in total. The lowest BCUT2D eigenvalue weighted by atomic mass is 10.1. The normalized spacial score (nSPS) is 11.7. The molecule has 1 heterocycles. The number of allylic oxidation sites excluding steroid dienone is 1. The van der Waals surface area contributed by atoms with Gasteiger partial charge in [-0.3, -0.25) is 0 Å². The first-order valence-corrected chi connectivity index (χ1v) is 6.78. The molecule has 3 aromatic rings. The lowest BCUT2D eigenvalue weighted by Gasteiger charge is -2.07. The van der Waals surface area contributed by atoms with Gasteiger partial charge in [-0.15, -0.1) is 0 Å². The Labute approximate surface area is 130 Å². The van der Waals surface area contributed by atoms with E-state index in [2.05, 4.69) is 14.7 Å². The number of ether oxygens (including phenoxy) is 1. The number of para-hydroxylation sites is 3. The minimum Gasteiger partial charge on any atom is -0.434 e. The first-order chi connectivity index (χ1) is 11.2. The predicted octanol–water partition coefficient (Wildman–Crippen LogP) is 4.23. The molecule has 0 aliphatic carbocycles. The fraction of sp³-hybridized carbons (Fsp3) is 0.0588. The number of halogens is 2. The van der Waals surface area contributed by atoms with Crippen LogP contribution in [0.25, 0.3) is 22.7 Å². The Kier molecular flexibility index (Phi) is 4.02. The molecule has 0 spiro atoms. The Morgan fingerprint density at radius 3 is 2.65 bits per heavy atom. The van der Waals surface area contributed by atoms with E-state index in [1.54, 1.807) is 18.2 Å². The zero-order chi connectivity index (χ0) is 16.2. The van der Waals surface area contributed by atoms with Crippen molar-refractivity contribution in [2.45, 2.75) is 6.61 Å². The van der Waals surface area contributed by atoms with E-state index < -0.39 is 6.61 Å². The second kappa shape index (κ2) is 6.28. The maximum Gasteiger partial charge on any atom is 0.387 e.